The monoisotopic (exact) mass is 520 g/mol. The lowest BCUT2D eigenvalue weighted by atomic mass is 10.1. The predicted molar refractivity (Wildman–Crippen MR) is 127 cm³/mol. The van der Waals surface area contributed by atoms with E-state index in [1.807, 2.05) is 0 Å². The summed E-state index contributed by atoms with van der Waals surface area (Å²) in [6, 6.07) is 18.9. The number of aromatic carboxylic acids is 1. The lowest BCUT2D eigenvalue weighted by molar-refractivity contribution is -0.122. The van der Waals surface area contributed by atoms with Crippen molar-refractivity contribution in [1.29, 1.82) is 0 Å². The Morgan fingerprint density at radius 2 is 1.71 bits per heavy atom. The summed E-state index contributed by atoms with van der Waals surface area (Å²) in [4.78, 5) is 49.4. The Hall–Kier alpha value is -4.24. The molecular formula is C25H17BrN2O6. The summed E-state index contributed by atoms with van der Waals surface area (Å²) in [5.41, 5.74) is 1.70. The molecule has 0 bridgehead atoms. The summed E-state index contributed by atoms with van der Waals surface area (Å²) in [6.07, 6.45) is 1.40. The molecule has 4 amide bonds. The first-order valence-corrected chi connectivity index (χ1v) is 10.8. The fraction of sp³-hybridized carbons (Fsp3) is 0.0400. The van der Waals surface area contributed by atoms with Gasteiger partial charge in [-0.05, 0) is 69.5 Å². The van der Waals surface area contributed by atoms with Crippen molar-refractivity contribution in [3.8, 4) is 5.75 Å². The number of hydrogen-bond donors (Lipinski definition) is 2. The number of imide groups is 2. The van der Waals surface area contributed by atoms with Gasteiger partial charge < -0.3 is 9.84 Å². The Morgan fingerprint density at radius 1 is 1.00 bits per heavy atom. The van der Waals surface area contributed by atoms with Crippen LogP contribution in [0.3, 0.4) is 0 Å². The number of benzene rings is 3. The van der Waals surface area contributed by atoms with Gasteiger partial charge in [0.15, 0.2) is 0 Å². The molecule has 9 heteroatoms. The zero-order chi connectivity index (χ0) is 24.2. The van der Waals surface area contributed by atoms with Gasteiger partial charge in [-0.2, -0.15) is 0 Å². The van der Waals surface area contributed by atoms with Crippen LogP contribution in [0.4, 0.5) is 10.5 Å². The number of nitrogens with zero attached hydrogens (tertiary/aromatic N) is 1. The quantitative estimate of drug-likeness (QED) is 0.368. The number of halogens is 1. The highest BCUT2D eigenvalue weighted by Crippen LogP contribution is 2.29. The first-order valence-electron chi connectivity index (χ1n) is 10.0. The van der Waals surface area contributed by atoms with E-state index in [2.05, 4.69) is 21.2 Å². The number of para-hydroxylation sites is 1. The highest BCUT2D eigenvalue weighted by molar-refractivity contribution is 9.10. The first-order chi connectivity index (χ1) is 16.3. The van der Waals surface area contributed by atoms with E-state index < -0.39 is 23.8 Å². The summed E-state index contributed by atoms with van der Waals surface area (Å²) >= 11 is 3.42. The number of hydrogen-bond acceptors (Lipinski definition) is 5. The lowest BCUT2D eigenvalue weighted by Gasteiger charge is -2.26. The van der Waals surface area contributed by atoms with Crippen molar-refractivity contribution in [3.63, 3.8) is 0 Å². The van der Waals surface area contributed by atoms with E-state index in [4.69, 9.17) is 9.84 Å². The second-order valence-corrected chi connectivity index (χ2v) is 8.13. The van der Waals surface area contributed by atoms with Gasteiger partial charge in [0.25, 0.3) is 11.8 Å². The molecule has 0 radical (unpaired) electrons. The molecule has 170 valence electrons. The van der Waals surface area contributed by atoms with Gasteiger partial charge in [-0.3, -0.25) is 14.9 Å². The third-order valence-corrected chi connectivity index (χ3v) is 5.60. The van der Waals surface area contributed by atoms with Crippen LogP contribution >= 0.6 is 15.9 Å². The van der Waals surface area contributed by atoms with Crippen LogP contribution in [0.2, 0.25) is 0 Å². The van der Waals surface area contributed by atoms with Gasteiger partial charge in [0.1, 0.15) is 17.9 Å². The smallest absolute Gasteiger partial charge is 0.335 e. The van der Waals surface area contributed by atoms with Gasteiger partial charge >= 0.3 is 12.0 Å². The van der Waals surface area contributed by atoms with Crippen LogP contribution in [-0.2, 0) is 16.2 Å². The minimum Gasteiger partial charge on any atom is -0.488 e. The number of carboxylic acid groups (broad SMARTS) is 1. The van der Waals surface area contributed by atoms with Crippen LogP contribution in [0.1, 0.15) is 21.5 Å². The second-order valence-electron chi connectivity index (χ2n) is 7.27. The molecule has 2 N–H and O–H groups in total. The molecule has 0 aliphatic carbocycles. The topological polar surface area (TPSA) is 113 Å². The van der Waals surface area contributed by atoms with E-state index in [-0.39, 0.29) is 17.7 Å². The standard InChI is InChI=1S/C25H17BrN2O6/c26-20-13-16(8-11-21(20)34-14-15-6-9-17(10-7-15)24(31)32)12-19-22(29)27-25(33)28(23(19)30)18-4-2-1-3-5-18/h1-13H,14H2,(H,31,32)(H,27,29,33)/b19-12-. The molecule has 0 saturated carbocycles. The van der Waals surface area contributed by atoms with E-state index in [9.17, 15) is 19.2 Å². The molecule has 34 heavy (non-hydrogen) atoms. The average molecular weight is 521 g/mol. The van der Waals surface area contributed by atoms with Gasteiger partial charge in [0, 0.05) is 0 Å². The van der Waals surface area contributed by atoms with Gasteiger partial charge in [0.2, 0.25) is 0 Å². The van der Waals surface area contributed by atoms with Crippen molar-refractivity contribution in [2.24, 2.45) is 0 Å². The molecule has 0 unspecified atom stereocenters. The zero-order valence-electron chi connectivity index (χ0n) is 17.5. The zero-order valence-corrected chi connectivity index (χ0v) is 19.1. The van der Waals surface area contributed by atoms with Gasteiger partial charge in [-0.1, -0.05) is 36.4 Å². The van der Waals surface area contributed by atoms with Crippen LogP contribution in [0, 0.1) is 0 Å². The Kier molecular flexibility index (Phi) is 6.55. The molecule has 0 atom stereocenters. The summed E-state index contributed by atoms with van der Waals surface area (Å²) in [5.74, 6) is -1.98. The Bertz CT molecular complexity index is 1320. The number of carboxylic acids is 1. The number of carbonyl (C=O) groups is 4. The maximum Gasteiger partial charge on any atom is 0.335 e. The van der Waals surface area contributed by atoms with E-state index in [0.29, 0.717) is 21.5 Å². The van der Waals surface area contributed by atoms with Gasteiger partial charge in [-0.25, -0.2) is 14.5 Å². The van der Waals surface area contributed by atoms with Crippen molar-refractivity contribution in [1.82, 2.24) is 5.32 Å². The molecule has 3 aromatic rings. The molecule has 1 fully saturated rings. The highest BCUT2D eigenvalue weighted by Gasteiger charge is 2.36. The van der Waals surface area contributed by atoms with Gasteiger partial charge in [0.05, 0.1) is 15.7 Å². The number of barbiturate groups is 1. The SMILES string of the molecule is O=C1NC(=O)N(c2ccccc2)C(=O)/C1=C\c1ccc(OCc2ccc(C(=O)O)cc2)c(Br)c1. The van der Waals surface area contributed by atoms with Crippen molar-refractivity contribution in [2.75, 3.05) is 4.90 Å². The molecule has 0 spiro atoms. The van der Waals surface area contributed by atoms with E-state index in [0.717, 1.165) is 10.5 Å². The van der Waals surface area contributed by atoms with E-state index in [1.165, 1.54) is 18.2 Å². The maximum absolute atomic E-state index is 12.9. The molecule has 8 nitrogen and oxygen atoms in total. The number of rotatable bonds is 6. The normalized spacial score (nSPS) is 14.8. The third-order valence-electron chi connectivity index (χ3n) is 4.98. The molecule has 1 saturated heterocycles. The van der Waals surface area contributed by atoms with E-state index in [1.54, 1.807) is 60.7 Å². The van der Waals surface area contributed by atoms with Crippen LogP contribution in [0.25, 0.3) is 6.08 Å². The number of anilines is 1. The number of nitrogens with one attached hydrogen (secondary N) is 1. The van der Waals surface area contributed by atoms with Crippen molar-refractivity contribution < 1.29 is 29.0 Å². The summed E-state index contributed by atoms with van der Waals surface area (Å²) in [7, 11) is 0. The van der Waals surface area contributed by atoms with Crippen LogP contribution in [0.5, 0.6) is 5.75 Å². The van der Waals surface area contributed by atoms with Crippen LogP contribution in [0.15, 0.2) is 82.8 Å². The largest absolute Gasteiger partial charge is 0.488 e. The predicted octanol–water partition coefficient (Wildman–Crippen LogP) is 4.39. The fourth-order valence-electron chi connectivity index (χ4n) is 3.26. The Labute approximate surface area is 202 Å². The number of urea groups is 1. The van der Waals surface area contributed by atoms with Crippen molar-refractivity contribution >= 4 is 51.5 Å². The number of amides is 4. The fourth-order valence-corrected chi connectivity index (χ4v) is 3.78. The molecule has 3 aromatic carbocycles. The van der Waals surface area contributed by atoms with Crippen LogP contribution < -0.4 is 15.0 Å². The van der Waals surface area contributed by atoms with Gasteiger partial charge in [-0.15, -0.1) is 0 Å². The average Bonchev–Trinajstić information content (AvgIpc) is 2.82. The Balaban J connectivity index is 1.52. The highest BCUT2D eigenvalue weighted by atomic mass is 79.9. The third kappa shape index (κ3) is 4.89. The Morgan fingerprint density at radius 3 is 2.35 bits per heavy atom. The molecule has 1 aliphatic rings. The molecule has 4 rings (SSSR count). The van der Waals surface area contributed by atoms with Crippen molar-refractivity contribution in [3.05, 3.63) is 99.5 Å². The summed E-state index contributed by atoms with van der Waals surface area (Å²) < 4.78 is 6.37. The first kappa shape index (κ1) is 22.9. The van der Waals surface area contributed by atoms with Crippen LogP contribution in [-0.4, -0.2) is 28.9 Å². The molecule has 0 aromatic heterocycles. The minimum atomic E-state index is -0.999. The summed E-state index contributed by atoms with van der Waals surface area (Å²) in [5, 5.41) is 11.2. The number of carbonyl (C=O) groups excluding carboxylic acids is 3. The maximum atomic E-state index is 12.9. The number of ether oxygens (including phenoxy) is 1. The minimum absolute atomic E-state index is 0.178. The molecular weight excluding hydrogens is 504 g/mol. The second kappa shape index (κ2) is 9.72. The summed E-state index contributed by atoms with van der Waals surface area (Å²) in [6.45, 7) is 0.216. The van der Waals surface area contributed by atoms with Crippen molar-refractivity contribution in [2.45, 2.75) is 6.61 Å². The van der Waals surface area contributed by atoms with E-state index >= 15 is 0 Å². The lowest BCUT2D eigenvalue weighted by Crippen LogP contribution is -2.54. The molecule has 1 heterocycles. The molecule has 1 aliphatic heterocycles.